The zero-order chi connectivity index (χ0) is 28.0. The molecule has 9 heteroatoms. The molecule has 0 saturated carbocycles. The van der Waals surface area contributed by atoms with Gasteiger partial charge in [0, 0.05) is 36.8 Å². The van der Waals surface area contributed by atoms with Crippen molar-refractivity contribution in [2.45, 2.75) is 50.5 Å². The van der Waals surface area contributed by atoms with Crippen LogP contribution >= 0.6 is 0 Å². The second-order valence-corrected chi connectivity index (χ2v) is 11.9. The SMILES string of the molecule is OCC1CCCCN(c2nc(OCC34CCCN3CCC4)nc3c(F)c(-c4cccc5cccc(F)c45)ncc23)C1. The number of aliphatic hydroxyl groups is 1. The van der Waals surface area contributed by atoms with Crippen molar-refractivity contribution in [1.29, 1.82) is 0 Å². The van der Waals surface area contributed by atoms with Gasteiger partial charge in [-0.1, -0.05) is 36.8 Å². The number of fused-ring (bicyclic) bond motifs is 3. The highest BCUT2D eigenvalue weighted by atomic mass is 19.1. The van der Waals surface area contributed by atoms with Crippen molar-refractivity contribution in [3.8, 4) is 17.3 Å². The Balaban J connectivity index is 1.35. The van der Waals surface area contributed by atoms with E-state index >= 15 is 4.39 Å². The number of hydrogen-bond acceptors (Lipinski definition) is 7. The summed E-state index contributed by atoms with van der Waals surface area (Å²) in [6.07, 6.45) is 8.93. The topological polar surface area (TPSA) is 74.6 Å². The van der Waals surface area contributed by atoms with E-state index in [9.17, 15) is 9.50 Å². The first-order valence-electron chi connectivity index (χ1n) is 14.8. The van der Waals surface area contributed by atoms with E-state index in [0.717, 1.165) is 64.6 Å². The molecule has 2 aromatic heterocycles. The molecule has 214 valence electrons. The number of rotatable bonds is 6. The minimum Gasteiger partial charge on any atom is -0.461 e. The molecule has 0 radical (unpaired) electrons. The van der Waals surface area contributed by atoms with E-state index in [0.29, 0.717) is 40.7 Å². The predicted octanol–water partition coefficient (Wildman–Crippen LogP) is 5.73. The molecule has 0 aliphatic carbocycles. The molecule has 7 nitrogen and oxygen atoms in total. The van der Waals surface area contributed by atoms with Gasteiger partial charge < -0.3 is 14.7 Å². The van der Waals surface area contributed by atoms with Gasteiger partial charge in [0.15, 0.2) is 5.82 Å². The summed E-state index contributed by atoms with van der Waals surface area (Å²) in [5, 5.41) is 11.4. The van der Waals surface area contributed by atoms with Crippen LogP contribution in [0.25, 0.3) is 32.9 Å². The molecule has 5 heterocycles. The highest BCUT2D eigenvalue weighted by Gasteiger charge is 2.45. The first-order chi connectivity index (χ1) is 20.1. The minimum absolute atomic E-state index is 0.00843. The van der Waals surface area contributed by atoms with Crippen LogP contribution in [0.3, 0.4) is 0 Å². The van der Waals surface area contributed by atoms with Crippen LogP contribution in [-0.2, 0) is 0 Å². The zero-order valence-corrected chi connectivity index (χ0v) is 23.2. The highest BCUT2D eigenvalue weighted by molar-refractivity contribution is 5.99. The third kappa shape index (κ3) is 4.69. The molecule has 0 bridgehead atoms. The molecule has 1 N–H and O–H groups in total. The second kappa shape index (κ2) is 10.8. The number of aromatic nitrogens is 3. The molecule has 41 heavy (non-hydrogen) atoms. The van der Waals surface area contributed by atoms with Gasteiger partial charge in [-0.2, -0.15) is 9.97 Å². The number of ether oxygens (including phenoxy) is 1. The zero-order valence-electron chi connectivity index (χ0n) is 23.2. The average Bonchev–Trinajstić information content (AvgIpc) is 3.48. The molecule has 7 rings (SSSR count). The number of anilines is 1. The standard InChI is InChI=1S/C32H35F2N5O2/c33-25-11-4-9-22-8-3-10-23(26(22)25)28-27(34)29-24(17-35-28)30(38-14-2-1-7-21(18-38)19-40)37-31(36-29)41-20-32-12-5-15-39(32)16-6-13-32/h3-4,8-11,17,21,40H,1-2,5-7,12-16,18-20H2. The Labute approximate surface area is 238 Å². The van der Waals surface area contributed by atoms with Gasteiger partial charge in [-0.05, 0) is 69.0 Å². The number of nitrogens with zero attached hydrogens (tertiary/aromatic N) is 5. The normalized spacial score (nSPS) is 21.0. The van der Waals surface area contributed by atoms with Gasteiger partial charge in [-0.3, -0.25) is 9.88 Å². The summed E-state index contributed by atoms with van der Waals surface area (Å²) in [6, 6.07) is 10.2. The van der Waals surface area contributed by atoms with Crippen molar-refractivity contribution in [1.82, 2.24) is 19.9 Å². The molecule has 2 aromatic carbocycles. The summed E-state index contributed by atoms with van der Waals surface area (Å²) in [4.78, 5) is 18.6. The fraction of sp³-hybridized carbons (Fsp3) is 0.469. The van der Waals surface area contributed by atoms with Crippen LogP contribution in [-0.4, -0.2) is 69.9 Å². The Hall–Kier alpha value is -3.43. The van der Waals surface area contributed by atoms with Gasteiger partial charge in [-0.15, -0.1) is 0 Å². The van der Waals surface area contributed by atoms with Crippen molar-refractivity contribution in [3.63, 3.8) is 0 Å². The first kappa shape index (κ1) is 26.5. The number of benzene rings is 2. The van der Waals surface area contributed by atoms with Crippen molar-refractivity contribution in [2.24, 2.45) is 5.92 Å². The average molecular weight is 560 g/mol. The molecule has 3 aliphatic rings. The number of halogens is 2. The lowest BCUT2D eigenvalue weighted by Gasteiger charge is -2.31. The van der Waals surface area contributed by atoms with Gasteiger partial charge in [0.2, 0.25) is 0 Å². The Morgan fingerprint density at radius 2 is 1.78 bits per heavy atom. The summed E-state index contributed by atoms with van der Waals surface area (Å²) in [5.74, 6) is -0.378. The van der Waals surface area contributed by atoms with Crippen molar-refractivity contribution < 1.29 is 18.6 Å². The molecule has 4 aromatic rings. The lowest BCUT2D eigenvalue weighted by atomic mass is 9.95. The van der Waals surface area contributed by atoms with E-state index in [1.165, 1.54) is 6.07 Å². The molecule has 0 amide bonds. The summed E-state index contributed by atoms with van der Waals surface area (Å²) in [6.45, 7) is 4.05. The predicted molar refractivity (Wildman–Crippen MR) is 155 cm³/mol. The molecule has 1 unspecified atom stereocenters. The van der Waals surface area contributed by atoms with Crippen LogP contribution in [0.4, 0.5) is 14.6 Å². The van der Waals surface area contributed by atoms with Crippen molar-refractivity contribution >= 4 is 27.5 Å². The molecule has 1 atom stereocenters. The van der Waals surface area contributed by atoms with Crippen LogP contribution in [0, 0.1) is 17.6 Å². The minimum atomic E-state index is -0.623. The molecule has 3 aliphatic heterocycles. The fourth-order valence-electron chi connectivity index (χ4n) is 7.24. The molecule has 0 spiro atoms. The van der Waals surface area contributed by atoms with E-state index in [1.807, 2.05) is 0 Å². The quantitative estimate of drug-likeness (QED) is 0.323. The number of pyridine rings is 1. The lowest BCUT2D eigenvalue weighted by molar-refractivity contribution is 0.108. The fourth-order valence-corrected chi connectivity index (χ4v) is 7.24. The Morgan fingerprint density at radius 1 is 0.976 bits per heavy atom. The third-order valence-corrected chi connectivity index (χ3v) is 9.36. The lowest BCUT2D eigenvalue weighted by Crippen LogP contribution is -2.43. The van der Waals surface area contributed by atoms with Gasteiger partial charge in [0.1, 0.15) is 29.5 Å². The van der Waals surface area contributed by atoms with E-state index in [2.05, 4.69) is 19.8 Å². The third-order valence-electron chi connectivity index (χ3n) is 9.36. The van der Waals surface area contributed by atoms with Crippen LogP contribution < -0.4 is 9.64 Å². The molecule has 3 fully saturated rings. The molecular weight excluding hydrogens is 524 g/mol. The monoisotopic (exact) mass is 559 g/mol. The Kier molecular flexibility index (Phi) is 6.95. The summed E-state index contributed by atoms with van der Waals surface area (Å²) < 4.78 is 37.8. The van der Waals surface area contributed by atoms with E-state index in [-0.39, 0.29) is 35.3 Å². The van der Waals surface area contributed by atoms with Crippen LogP contribution in [0.2, 0.25) is 0 Å². The highest BCUT2D eigenvalue weighted by Crippen LogP contribution is 2.40. The second-order valence-electron chi connectivity index (χ2n) is 11.9. The van der Waals surface area contributed by atoms with E-state index in [4.69, 9.17) is 9.72 Å². The number of aliphatic hydroxyl groups excluding tert-OH is 1. The van der Waals surface area contributed by atoms with Crippen LogP contribution in [0.15, 0.2) is 42.6 Å². The largest absolute Gasteiger partial charge is 0.461 e. The molecule has 3 saturated heterocycles. The van der Waals surface area contributed by atoms with Crippen molar-refractivity contribution in [3.05, 3.63) is 54.2 Å². The summed E-state index contributed by atoms with van der Waals surface area (Å²) in [5.41, 5.74) is 0.527. The summed E-state index contributed by atoms with van der Waals surface area (Å²) >= 11 is 0. The van der Waals surface area contributed by atoms with Crippen molar-refractivity contribution in [2.75, 3.05) is 44.3 Å². The Morgan fingerprint density at radius 3 is 2.59 bits per heavy atom. The summed E-state index contributed by atoms with van der Waals surface area (Å²) in [7, 11) is 0. The molecular formula is C32H35F2N5O2. The van der Waals surface area contributed by atoms with E-state index < -0.39 is 11.6 Å². The maximum Gasteiger partial charge on any atom is 0.319 e. The van der Waals surface area contributed by atoms with Gasteiger partial charge >= 0.3 is 6.01 Å². The van der Waals surface area contributed by atoms with E-state index in [1.54, 1.807) is 36.5 Å². The first-order valence-corrected chi connectivity index (χ1v) is 14.8. The van der Waals surface area contributed by atoms with Gasteiger partial charge in [0.25, 0.3) is 0 Å². The van der Waals surface area contributed by atoms with Gasteiger partial charge in [0.05, 0.1) is 10.9 Å². The van der Waals surface area contributed by atoms with Crippen LogP contribution in [0.1, 0.15) is 44.9 Å². The smallest absolute Gasteiger partial charge is 0.319 e. The maximum absolute atomic E-state index is 16.5. The Bertz CT molecular complexity index is 1580. The number of hydrogen-bond donors (Lipinski definition) is 1. The van der Waals surface area contributed by atoms with Crippen LogP contribution in [0.5, 0.6) is 6.01 Å². The van der Waals surface area contributed by atoms with Gasteiger partial charge in [-0.25, -0.2) is 8.78 Å². The maximum atomic E-state index is 16.5.